The Labute approximate surface area is 671 Å². The van der Waals surface area contributed by atoms with Gasteiger partial charge in [0.15, 0.2) is 61.0 Å². The number of ether oxygens (including phenoxy) is 20. The lowest BCUT2D eigenvalue weighted by atomic mass is 10.1. The van der Waals surface area contributed by atoms with Crippen molar-refractivity contribution in [3.8, 4) is 0 Å². The number of carbonyl (C=O) groups excluding carboxylic acids is 10. The summed E-state index contributed by atoms with van der Waals surface area (Å²) in [7, 11) is 0. The fourth-order valence-electron chi connectivity index (χ4n) is 11.8. The number of fused-ring (bicyclic) bond motifs is 5. The Bertz CT molecular complexity index is 3570. The molecule has 0 amide bonds. The second kappa shape index (κ2) is 47.5. The molecule has 0 bridgehead atoms. The predicted octanol–water partition coefficient (Wildman–Crippen LogP) is -4.88. The summed E-state index contributed by atoms with van der Waals surface area (Å²) in [5.41, 5.74) is 0. The number of carbonyl (C=O) groups is 20. The maximum Gasteiger partial charge on any atom is 0.331 e. The Kier molecular flexibility index (Phi) is 38.0. The first-order valence-electron chi connectivity index (χ1n) is 35.0. The van der Waals surface area contributed by atoms with Crippen molar-refractivity contribution >= 4 is 119 Å². The molecule has 50 nitrogen and oxygen atoms in total. The highest BCUT2D eigenvalue weighted by atomic mass is 16.7. The zero-order valence-corrected chi connectivity index (χ0v) is 61.7. The van der Waals surface area contributed by atoms with E-state index in [1.165, 1.54) is 0 Å². The monoisotopic (exact) mass is 1720 g/mol. The van der Waals surface area contributed by atoms with E-state index in [1.807, 2.05) is 0 Å². The summed E-state index contributed by atoms with van der Waals surface area (Å²) in [6.45, 7) is 0.166. The maximum atomic E-state index is 11.6. The minimum atomic E-state index is -1.29. The SMILES string of the molecule is O=C(O)/C=C\C(=O)O[C@@H]1CO[C@H]2[C@@H]1OC[C@@H]2OC(=O)CCC(=O)O.O=C(O)/C=C\C(=O)O[C@H]1CO[C@H]2[C@@H]1OC[C@H]2OC(=O)/C=C/C(=O)O.O=C(O)/C=C\C(=O)O[C@H]1CO[C@H]2[C@@H]1OC[C@H]2OC(=O)/C=C\C(=O)O.O=C(O)/C=C\C(=O)O[C@H]1CO[C@H]2[C@@H]1OC[C@H]2OC(=O)CCC(=O)O.O=C(O)C=CC(=O)O[C@@H]1CO[C@H]2[C@@H]1OC[C@@H]2OC(=O)CCC(=O)O. The minimum Gasteiger partial charge on any atom is -0.481 e. The summed E-state index contributed by atoms with van der Waals surface area (Å²) < 4.78 is 105. The van der Waals surface area contributed by atoms with Crippen LogP contribution in [0.15, 0.2) is 85.1 Å². The molecule has 10 fully saturated rings. The Morgan fingerprint density at radius 2 is 0.300 bits per heavy atom. The number of hydrogen-bond donors (Lipinski definition) is 10. The van der Waals surface area contributed by atoms with Gasteiger partial charge < -0.3 is 146 Å². The van der Waals surface area contributed by atoms with Crippen LogP contribution in [0.5, 0.6) is 0 Å². The van der Waals surface area contributed by atoms with Crippen LogP contribution in [0.2, 0.25) is 0 Å². The predicted molar refractivity (Wildman–Crippen MR) is 364 cm³/mol. The second-order valence-corrected chi connectivity index (χ2v) is 25.3. The van der Waals surface area contributed by atoms with Gasteiger partial charge in [0.25, 0.3) is 0 Å². The second-order valence-electron chi connectivity index (χ2n) is 25.3. The topological polar surface area (TPSA) is 728 Å². The Morgan fingerprint density at radius 3 is 0.408 bits per heavy atom. The van der Waals surface area contributed by atoms with E-state index in [-0.39, 0.29) is 105 Å². The summed E-state index contributed by atoms with van der Waals surface area (Å²) in [6, 6.07) is 0. The van der Waals surface area contributed by atoms with E-state index in [1.54, 1.807) is 0 Å². The van der Waals surface area contributed by atoms with Crippen LogP contribution in [0.4, 0.5) is 0 Å². The number of aliphatic carboxylic acids is 10. The molecular formula is C70H76O50. The molecule has 10 rings (SSSR count). The highest BCUT2D eigenvalue weighted by molar-refractivity contribution is 5.94. The molecule has 0 radical (unpaired) electrons. The Hall–Kier alpha value is -12.8. The molecule has 0 spiro atoms. The van der Waals surface area contributed by atoms with Crippen LogP contribution < -0.4 is 0 Å². The summed E-state index contributed by atoms with van der Waals surface area (Å²) in [5, 5.41) is 84.6. The molecule has 10 aliphatic rings. The fraction of sp³-hybridized carbons (Fsp3) is 0.514. The van der Waals surface area contributed by atoms with E-state index in [2.05, 4.69) is 0 Å². The number of rotatable bonds is 33. The van der Waals surface area contributed by atoms with Gasteiger partial charge in [0, 0.05) is 85.1 Å². The van der Waals surface area contributed by atoms with E-state index in [4.69, 9.17) is 146 Å². The van der Waals surface area contributed by atoms with Crippen molar-refractivity contribution in [2.24, 2.45) is 0 Å². The molecule has 0 aromatic rings. The maximum absolute atomic E-state index is 11.6. The molecule has 10 heterocycles. The summed E-state index contributed by atoms with van der Waals surface area (Å²) >= 11 is 0. The van der Waals surface area contributed by atoms with Crippen molar-refractivity contribution in [2.45, 2.75) is 161 Å². The van der Waals surface area contributed by atoms with Crippen molar-refractivity contribution in [3.63, 3.8) is 0 Å². The largest absolute Gasteiger partial charge is 0.481 e. The normalized spacial score (nSPS) is 28.6. The number of esters is 10. The molecule has 0 aromatic carbocycles. The third-order valence-corrected chi connectivity index (χ3v) is 16.7. The van der Waals surface area contributed by atoms with Crippen LogP contribution in [-0.2, 0) is 191 Å². The van der Waals surface area contributed by atoms with Gasteiger partial charge in [-0.15, -0.1) is 0 Å². The Balaban J connectivity index is 0.000000233. The molecule has 50 heteroatoms. The lowest BCUT2D eigenvalue weighted by molar-refractivity contribution is -0.156. The minimum absolute atomic E-state index is 0.000993. The molecule has 20 atom stereocenters. The molecule has 10 N–H and O–H groups in total. The average Bonchev–Trinajstić information content (AvgIpc) is 1.68. The summed E-state index contributed by atoms with van der Waals surface area (Å²) in [6.07, 6.45) is -5.75. The molecule has 10 aliphatic heterocycles. The molecular weight excluding hydrogens is 1640 g/mol. The lowest BCUT2D eigenvalue weighted by Crippen LogP contribution is -2.35. The van der Waals surface area contributed by atoms with E-state index in [0.29, 0.717) is 42.5 Å². The van der Waals surface area contributed by atoms with Crippen LogP contribution in [0.1, 0.15) is 38.5 Å². The fourth-order valence-corrected chi connectivity index (χ4v) is 11.8. The van der Waals surface area contributed by atoms with Gasteiger partial charge in [-0.1, -0.05) is 0 Å². The molecule has 0 unspecified atom stereocenters. The first-order valence-corrected chi connectivity index (χ1v) is 35.0. The van der Waals surface area contributed by atoms with Gasteiger partial charge in [-0.25, -0.2) is 67.1 Å². The first-order chi connectivity index (χ1) is 56.8. The van der Waals surface area contributed by atoms with Crippen molar-refractivity contribution in [1.29, 1.82) is 0 Å². The van der Waals surface area contributed by atoms with Gasteiger partial charge in [0.2, 0.25) is 0 Å². The summed E-state index contributed by atoms with van der Waals surface area (Å²) in [4.78, 5) is 219. The van der Waals surface area contributed by atoms with Crippen molar-refractivity contribution in [2.75, 3.05) is 66.1 Å². The molecule has 0 aliphatic carbocycles. The molecule has 0 saturated carbocycles. The third-order valence-electron chi connectivity index (χ3n) is 16.7. The third kappa shape index (κ3) is 32.6. The van der Waals surface area contributed by atoms with Crippen LogP contribution in [-0.4, -0.2) is 359 Å². The van der Waals surface area contributed by atoms with Gasteiger partial charge in [0.05, 0.1) is 105 Å². The van der Waals surface area contributed by atoms with E-state index in [9.17, 15) is 95.9 Å². The van der Waals surface area contributed by atoms with Crippen LogP contribution in [0, 0.1) is 0 Å². The van der Waals surface area contributed by atoms with Crippen LogP contribution in [0.3, 0.4) is 0 Å². The summed E-state index contributed by atoms with van der Waals surface area (Å²) in [5.74, 6) is -20.3. The zero-order chi connectivity index (χ0) is 88.4. The molecule has 120 heavy (non-hydrogen) atoms. The van der Waals surface area contributed by atoms with Crippen molar-refractivity contribution in [3.05, 3.63) is 85.1 Å². The van der Waals surface area contributed by atoms with Crippen molar-refractivity contribution in [1.82, 2.24) is 0 Å². The Morgan fingerprint density at radius 1 is 0.183 bits per heavy atom. The van der Waals surface area contributed by atoms with Gasteiger partial charge in [-0.2, -0.15) is 0 Å². The van der Waals surface area contributed by atoms with E-state index < -0.39 is 241 Å². The molecule has 0 aromatic heterocycles. The highest BCUT2D eigenvalue weighted by Crippen LogP contribution is 2.36. The van der Waals surface area contributed by atoms with Gasteiger partial charge >= 0.3 is 119 Å². The van der Waals surface area contributed by atoms with E-state index in [0.717, 1.165) is 42.5 Å². The van der Waals surface area contributed by atoms with Crippen LogP contribution >= 0.6 is 0 Å². The number of carboxylic acids is 10. The standard InChI is InChI=1S/3C14H16O10.2C14H14O10/c5*15-9(16)1-3-11(19)23-7-5-21-14-8(6-22-13(7)14)24-12(20)4-2-10(17)18/h3*1,3,7-8,13-14H,2,4-6H2,(H,15,16)(H,17,18);2*1-4,7-8,13-14H,5-6H2,(H,15,16)(H,17,18)/b2*3-1-;;3-1-,4-2+;3-1-,4-2-/t7-,8+,13+,14+;2*7-,8+,13-,14-;7-,8+,13+,14+;7-,8+,13-,14-/m01101/s1. The van der Waals surface area contributed by atoms with Gasteiger partial charge in [0.1, 0.15) is 61.0 Å². The van der Waals surface area contributed by atoms with Crippen molar-refractivity contribution < 1.29 is 242 Å². The molecule has 656 valence electrons. The van der Waals surface area contributed by atoms with Gasteiger partial charge in [-0.3, -0.25) is 28.8 Å². The highest BCUT2D eigenvalue weighted by Gasteiger charge is 2.56. The smallest absolute Gasteiger partial charge is 0.331 e. The number of carboxylic acid groups (broad SMARTS) is 10. The quantitative estimate of drug-likeness (QED) is 0.0167. The zero-order valence-electron chi connectivity index (χ0n) is 61.7. The van der Waals surface area contributed by atoms with Crippen LogP contribution in [0.25, 0.3) is 0 Å². The van der Waals surface area contributed by atoms with Gasteiger partial charge in [-0.05, 0) is 0 Å². The molecule has 10 saturated heterocycles. The average molecular weight is 1720 g/mol. The first kappa shape index (κ1) is 96.0. The lowest BCUT2D eigenvalue weighted by Gasteiger charge is -2.16. The number of hydrogen-bond acceptors (Lipinski definition) is 40. The van der Waals surface area contributed by atoms with E-state index >= 15 is 0 Å².